The number of allylic oxidation sites excluding steroid dienone is 6. The van der Waals surface area contributed by atoms with E-state index in [1.54, 1.807) is 0 Å². The quantitative estimate of drug-likeness (QED) is 0.149. The molecule has 0 aliphatic carbocycles. The van der Waals surface area contributed by atoms with Gasteiger partial charge in [0.25, 0.3) is 0 Å². The minimum absolute atomic E-state index is 0.0637. The van der Waals surface area contributed by atoms with Crippen molar-refractivity contribution in [1.82, 2.24) is 0 Å². The van der Waals surface area contributed by atoms with E-state index in [4.69, 9.17) is 34.8 Å². The number of unbranched alkanes of at least 4 members (excludes halogenated alkanes) is 6. The lowest BCUT2D eigenvalue weighted by Crippen LogP contribution is -2.11. The summed E-state index contributed by atoms with van der Waals surface area (Å²) < 4.78 is 0. The first kappa shape index (κ1) is 24.1. The highest BCUT2D eigenvalue weighted by Crippen LogP contribution is 2.20. The molecule has 0 heterocycles. The van der Waals surface area contributed by atoms with Gasteiger partial charge in [-0.3, -0.25) is 0 Å². The molecule has 0 fully saturated rings. The molecule has 3 unspecified atom stereocenters. The number of halogens is 3. The van der Waals surface area contributed by atoms with E-state index in [9.17, 15) is 0 Å². The fourth-order valence-corrected chi connectivity index (χ4v) is 3.67. The second-order valence-corrected chi connectivity index (χ2v) is 8.46. The van der Waals surface area contributed by atoms with Gasteiger partial charge in [-0.25, -0.2) is 0 Å². The third-order valence-corrected chi connectivity index (χ3v) is 4.70. The molecule has 0 aromatic carbocycles. The SMILES string of the molecule is CCCCCCCC/C=C/C=C/C=C/CC(Cl)CC(Cl)CC(C)Cl. The molecule has 3 heteroatoms. The normalized spacial score (nSPS) is 16.4. The second kappa shape index (κ2) is 17.9. The van der Waals surface area contributed by atoms with Crippen LogP contribution in [0.25, 0.3) is 0 Å². The van der Waals surface area contributed by atoms with E-state index < -0.39 is 0 Å². The smallest absolute Gasteiger partial charge is 0.0384 e. The van der Waals surface area contributed by atoms with E-state index in [1.807, 2.05) is 6.92 Å². The Morgan fingerprint density at radius 1 is 0.708 bits per heavy atom. The summed E-state index contributed by atoms with van der Waals surface area (Å²) in [6.45, 7) is 4.22. The molecule has 0 radical (unpaired) electrons. The molecule has 0 aliphatic heterocycles. The van der Waals surface area contributed by atoms with Crippen molar-refractivity contribution < 1.29 is 0 Å². The van der Waals surface area contributed by atoms with Crippen molar-refractivity contribution in [1.29, 1.82) is 0 Å². The van der Waals surface area contributed by atoms with Crippen LogP contribution in [0, 0.1) is 0 Å². The van der Waals surface area contributed by atoms with Crippen molar-refractivity contribution in [3.8, 4) is 0 Å². The zero-order chi connectivity index (χ0) is 18.0. The number of alkyl halides is 3. The predicted molar refractivity (Wildman–Crippen MR) is 114 cm³/mol. The molecule has 0 rings (SSSR count). The summed E-state index contributed by atoms with van der Waals surface area (Å²) in [5.74, 6) is 0. The van der Waals surface area contributed by atoms with Crippen molar-refractivity contribution in [3.05, 3.63) is 36.5 Å². The number of rotatable bonds is 15. The van der Waals surface area contributed by atoms with Crippen LogP contribution in [-0.4, -0.2) is 16.1 Å². The summed E-state index contributed by atoms with van der Waals surface area (Å²) in [5, 5.41) is 0.252. The van der Waals surface area contributed by atoms with Crippen molar-refractivity contribution in [2.45, 2.75) is 94.2 Å². The Balaban J connectivity index is 3.61. The van der Waals surface area contributed by atoms with Crippen LogP contribution in [0.5, 0.6) is 0 Å². The maximum Gasteiger partial charge on any atom is 0.0384 e. The summed E-state index contributed by atoms with van der Waals surface area (Å²) in [7, 11) is 0. The lowest BCUT2D eigenvalue weighted by molar-refractivity contribution is 0.611. The Hall–Kier alpha value is 0.0900. The van der Waals surface area contributed by atoms with E-state index >= 15 is 0 Å². The summed E-state index contributed by atoms with van der Waals surface area (Å²) in [4.78, 5) is 0. The van der Waals surface area contributed by atoms with Crippen LogP contribution in [0.2, 0.25) is 0 Å². The van der Waals surface area contributed by atoms with E-state index in [0.717, 1.165) is 19.3 Å². The molecular weight excluding hydrogens is 359 g/mol. The molecule has 0 saturated carbocycles. The van der Waals surface area contributed by atoms with Gasteiger partial charge in [0.2, 0.25) is 0 Å². The average molecular weight is 394 g/mol. The van der Waals surface area contributed by atoms with Gasteiger partial charge in [-0.05, 0) is 39.0 Å². The molecule has 140 valence electrons. The van der Waals surface area contributed by atoms with Crippen molar-refractivity contribution in [3.63, 3.8) is 0 Å². The van der Waals surface area contributed by atoms with Crippen LogP contribution in [-0.2, 0) is 0 Å². The molecule has 0 saturated heterocycles. The monoisotopic (exact) mass is 392 g/mol. The molecule has 0 aromatic heterocycles. The first-order chi connectivity index (χ1) is 11.6. The van der Waals surface area contributed by atoms with Gasteiger partial charge in [-0.2, -0.15) is 0 Å². The van der Waals surface area contributed by atoms with Crippen molar-refractivity contribution in [2.24, 2.45) is 0 Å². The maximum atomic E-state index is 6.28. The van der Waals surface area contributed by atoms with Gasteiger partial charge in [-0.1, -0.05) is 75.5 Å². The van der Waals surface area contributed by atoms with Gasteiger partial charge in [-0.15, -0.1) is 34.8 Å². The summed E-state index contributed by atoms with van der Waals surface area (Å²) >= 11 is 18.4. The molecule has 24 heavy (non-hydrogen) atoms. The lowest BCUT2D eigenvalue weighted by atomic mass is 10.1. The fourth-order valence-electron chi connectivity index (χ4n) is 2.47. The third kappa shape index (κ3) is 18.4. The van der Waals surface area contributed by atoms with E-state index in [1.165, 1.54) is 44.9 Å². The van der Waals surface area contributed by atoms with Crippen molar-refractivity contribution in [2.75, 3.05) is 0 Å². The second-order valence-electron chi connectivity index (χ2n) is 6.48. The summed E-state index contributed by atoms with van der Waals surface area (Å²) in [5.41, 5.74) is 0. The summed E-state index contributed by atoms with van der Waals surface area (Å²) in [6.07, 6.45) is 24.4. The Kier molecular flexibility index (Phi) is 18.0. The molecule has 0 aliphatic rings. The van der Waals surface area contributed by atoms with Crippen LogP contribution in [0.3, 0.4) is 0 Å². The van der Waals surface area contributed by atoms with Gasteiger partial charge >= 0.3 is 0 Å². The maximum absolute atomic E-state index is 6.28. The van der Waals surface area contributed by atoms with Crippen LogP contribution in [0.1, 0.15) is 78.1 Å². The molecule has 0 bridgehead atoms. The molecule has 3 atom stereocenters. The average Bonchev–Trinajstić information content (AvgIpc) is 2.51. The molecule has 0 spiro atoms. The minimum Gasteiger partial charge on any atom is -0.123 e. The van der Waals surface area contributed by atoms with E-state index in [-0.39, 0.29) is 16.1 Å². The van der Waals surface area contributed by atoms with Crippen LogP contribution in [0.15, 0.2) is 36.5 Å². The molecule has 0 nitrogen and oxygen atoms in total. The van der Waals surface area contributed by atoms with Crippen LogP contribution in [0.4, 0.5) is 0 Å². The Bertz CT molecular complexity index is 345. The van der Waals surface area contributed by atoms with E-state index in [2.05, 4.69) is 43.4 Å². The largest absolute Gasteiger partial charge is 0.123 e. The van der Waals surface area contributed by atoms with Crippen LogP contribution < -0.4 is 0 Å². The standard InChI is InChI=1S/C21H35Cl3/c1-3-4-5-6-7-8-9-10-11-12-13-14-15-16-20(23)18-21(24)17-19(2)22/h10-15,19-21H,3-9,16-18H2,1-2H3/b11-10+,13-12+,15-14+. The van der Waals surface area contributed by atoms with Crippen molar-refractivity contribution >= 4 is 34.8 Å². The lowest BCUT2D eigenvalue weighted by Gasteiger charge is -2.13. The van der Waals surface area contributed by atoms with Gasteiger partial charge in [0.15, 0.2) is 0 Å². The minimum atomic E-state index is 0.0637. The van der Waals surface area contributed by atoms with Gasteiger partial charge in [0.05, 0.1) is 0 Å². The fraction of sp³-hybridized carbons (Fsp3) is 0.714. The highest BCUT2D eigenvalue weighted by Gasteiger charge is 2.13. The number of hydrogen-bond acceptors (Lipinski definition) is 0. The molecule has 0 aromatic rings. The van der Waals surface area contributed by atoms with Gasteiger partial charge in [0.1, 0.15) is 0 Å². The van der Waals surface area contributed by atoms with Crippen LogP contribution >= 0.6 is 34.8 Å². The molecule has 0 amide bonds. The number of hydrogen-bond donors (Lipinski definition) is 0. The predicted octanol–water partition coefficient (Wildman–Crippen LogP) is 8.42. The summed E-state index contributed by atoms with van der Waals surface area (Å²) in [6, 6.07) is 0. The zero-order valence-electron chi connectivity index (χ0n) is 15.4. The van der Waals surface area contributed by atoms with Gasteiger partial charge in [0, 0.05) is 16.1 Å². The molecule has 0 N–H and O–H groups in total. The van der Waals surface area contributed by atoms with E-state index in [0.29, 0.717) is 0 Å². The third-order valence-electron chi connectivity index (χ3n) is 3.81. The Labute approximate surface area is 165 Å². The molecular formula is C21H35Cl3. The zero-order valence-corrected chi connectivity index (χ0v) is 17.7. The Morgan fingerprint density at radius 3 is 2.00 bits per heavy atom. The van der Waals surface area contributed by atoms with Gasteiger partial charge < -0.3 is 0 Å². The first-order valence-electron chi connectivity index (χ1n) is 9.46. The first-order valence-corrected chi connectivity index (χ1v) is 10.8. The Morgan fingerprint density at radius 2 is 1.33 bits per heavy atom. The highest BCUT2D eigenvalue weighted by atomic mass is 35.5. The highest BCUT2D eigenvalue weighted by molar-refractivity contribution is 6.24. The topological polar surface area (TPSA) is 0 Å².